The second-order valence-corrected chi connectivity index (χ2v) is 7.18. The molecular weight excluding hydrogens is 360 g/mol. The minimum absolute atomic E-state index is 0.164. The van der Waals surface area contributed by atoms with Gasteiger partial charge in [-0.1, -0.05) is 17.9 Å². The van der Waals surface area contributed by atoms with Crippen molar-refractivity contribution in [3.63, 3.8) is 0 Å². The lowest BCUT2D eigenvalue weighted by atomic mass is 10.0. The van der Waals surface area contributed by atoms with Crippen LogP contribution in [0.3, 0.4) is 0 Å². The average Bonchev–Trinajstić information content (AvgIpc) is 3.31. The number of carbonyl (C=O) groups excluding carboxylic acids is 2. The average molecular weight is 380 g/mol. The van der Waals surface area contributed by atoms with Crippen molar-refractivity contribution >= 4 is 11.8 Å². The summed E-state index contributed by atoms with van der Waals surface area (Å²) < 4.78 is 1.52. The third kappa shape index (κ3) is 2.85. The molecule has 0 saturated carbocycles. The van der Waals surface area contributed by atoms with Gasteiger partial charge in [0.1, 0.15) is 0 Å². The van der Waals surface area contributed by atoms with Crippen LogP contribution in [0.5, 0.6) is 0 Å². The second-order valence-electron chi connectivity index (χ2n) is 7.18. The van der Waals surface area contributed by atoms with Crippen LogP contribution in [0, 0.1) is 11.8 Å². The molecule has 2 heterocycles. The van der Waals surface area contributed by atoms with Crippen molar-refractivity contribution in [2.75, 3.05) is 13.6 Å². The van der Waals surface area contributed by atoms with Crippen molar-refractivity contribution in [3.8, 4) is 17.5 Å². The fraction of sp³-hybridized carbons (Fsp3) is 0.350. The van der Waals surface area contributed by atoms with E-state index < -0.39 is 23.5 Å². The van der Waals surface area contributed by atoms with E-state index in [0.717, 1.165) is 0 Å². The summed E-state index contributed by atoms with van der Waals surface area (Å²) in [5.74, 6) is 4.49. The van der Waals surface area contributed by atoms with Crippen molar-refractivity contribution in [2.24, 2.45) is 5.73 Å². The maximum Gasteiger partial charge on any atom is 0.269 e. The molecule has 4 rings (SSSR count). The summed E-state index contributed by atoms with van der Waals surface area (Å²) in [7, 11) is 1.63. The highest BCUT2D eigenvalue weighted by Crippen LogP contribution is 2.35. The molecule has 8 heteroatoms. The van der Waals surface area contributed by atoms with Gasteiger partial charge in [-0.15, -0.1) is 0 Å². The Morgan fingerprint density at radius 1 is 1.43 bits per heavy atom. The van der Waals surface area contributed by atoms with E-state index in [0.29, 0.717) is 41.9 Å². The number of aliphatic hydroxyl groups is 2. The third-order valence-electron chi connectivity index (χ3n) is 5.25. The number of hydrogen-bond donors (Lipinski definition) is 3. The minimum atomic E-state index is -1.67. The number of benzene rings is 1. The molecule has 1 aromatic heterocycles. The number of primary amides is 1. The highest BCUT2D eigenvalue weighted by atomic mass is 16.3. The fourth-order valence-electron chi connectivity index (χ4n) is 3.73. The Labute approximate surface area is 161 Å². The van der Waals surface area contributed by atoms with Gasteiger partial charge in [-0.2, -0.15) is 5.10 Å². The molecule has 1 aliphatic heterocycles. The number of rotatable bonds is 2. The van der Waals surface area contributed by atoms with Crippen molar-refractivity contribution in [2.45, 2.75) is 31.0 Å². The molecule has 0 radical (unpaired) electrons. The van der Waals surface area contributed by atoms with Crippen LogP contribution >= 0.6 is 0 Å². The number of aromatic nitrogens is 2. The van der Waals surface area contributed by atoms with Gasteiger partial charge in [0.15, 0.2) is 5.69 Å². The lowest BCUT2D eigenvalue weighted by Gasteiger charge is -2.13. The second kappa shape index (κ2) is 6.48. The van der Waals surface area contributed by atoms with Gasteiger partial charge in [-0.3, -0.25) is 9.59 Å². The lowest BCUT2D eigenvalue weighted by molar-refractivity contribution is -0.137. The van der Waals surface area contributed by atoms with Gasteiger partial charge in [-0.25, -0.2) is 4.68 Å². The Balaban J connectivity index is 1.72. The molecule has 2 amide bonds. The zero-order valence-corrected chi connectivity index (χ0v) is 15.3. The molecule has 1 aromatic carbocycles. The molecule has 4 N–H and O–H groups in total. The number of amides is 2. The number of fused-ring (bicyclic) bond motifs is 1. The van der Waals surface area contributed by atoms with Crippen LogP contribution in [0.25, 0.3) is 5.69 Å². The molecule has 28 heavy (non-hydrogen) atoms. The molecule has 144 valence electrons. The highest BCUT2D eigenvalue weighted by Gasteiger charge is 2.42. The summed E-state index contributed by atoms with van der Waals surface area (Å²) in [5.41, 5.74) is 6.33. The maximum absolute atomic E-state index is 12.1. The summed E-state index contributed by atoms with van der Waals surface area (Å²) in [6.45, 7) is 0.456. The van der Waals surface area contributed by atoms with Crippen molar-refractivity contribution in [1.29, 1.82) is 0 Å². The van der Waals surface area contributed by atoms with Gasteiger partial charge in [-0.05, 0) is 31.0 Å². The predicted octanol–water partition coefficient (Wildman–Crippen LogP) is -0.105. The molecule has 0 spiro atoms. The van der Waals surface area contributed by atoms with Crippen LogP contribution in [-0.4, -0.2) is 55.9 Å². The van der Waals surface area contributed by atoms with Crippen molar-refractivity contribution in [1.82, 2.24) is 14.7 Å². The Morgan fingerprint density at radius 3 is 2.89 bits per heavy atom. The van der Waals surface area contributed by atoms with Crippen LogP contribution in [0.1, 0.15) is 46.3 Å². The number of nitrogens with zero attached hydrogens (tertiary/aromatic N) is 3. The van der Waals surface area contributed by atoms with E-state index in [1.807, 2.05) is 0 Å². The lowest BCUT2D eigenvalue weighted by Crippen LogP contribution is -2.37. The molecular formula is C20H20N4O4. The maximum atomic E-state index is 12.1. The van der Waals surface area contributed by atoms with Gasteiger partial charge in [0, 0.05) is 31.1 Å². The van der Waals surface area contributed by atoms with Crippen LogP contribution < -0.4 is 5.73 Å². The summed E-state index contributed by atoms with van der Waals surface area (Å²) in [5, 5.41) is 25.0. The van der Waals surface area contributed by atoms with E-state index in [9.17, 15) is 19.8 Å². The number of carbonyl (C=O) groups is 2. The number of likely N-dealkylation sites (N-methyl/N-ethyl adjacent to an activating group) is 1. The van der Waals surface area contributed by atoms with E-state index in [1.165, 1.54) is 9.58 Å². The minimum Gasteiger partial charge on any atom is -0.387 e. The highest BCUT2D eigenvalue weighted by molar-refractivity contribution is 5.93. The van der Waals surface area contributed by atoms with Crippen LogP contribution in [0.2, 0.25) is 0 Å². The molecule has 0 bridgehead atoms. The van der Waals surface area contributed by atoms with Crippen molar-refractivity contribution < 1.29 is 19.8 Å². The first-order valence-electron chi connectivity index (χ1n) is 9.01. The molecule has 0 unspecified atom stereocenters. The molecule has 1 fully saturated rings. The number of hydrogen-bond acceptors (Lipinski definition) is 5. The SMILES string of the molecule is CN1CC[C@@](O)(C#Cc2cccc(-n3nc(C(N)=O)c4c3[C@@H](O)CC4)c2)C1=O. The van der Waals surface area contributed by atoms with Gasteiger partial charge >= 0.3 is 0 Å². The Morgan fingerprint density at radius 2 is 2.21 bits per heavy atom. The summed E-state index contributed by atoms with van der Waals surface area (Å²) in [6, 6.07) is 7.00. The normalized spacial score (nSPS) is 23.5. The Hall–Kier alpha value is -3.15. The van der Waals surface area contributed by atoms with Gasteiger partial charge in [0.2, 0.25) is 5.60 Å². The monoisotopic (exact) mass is 380 g/mol. The van der Waals surface area contributed by atoms with Gasteiger partial charge in [0.25, 0.3) is 11.8 Å². The number of aliphatic hydroxyl groups excluding tert-OH is 1. The Kier molecular flexibility index (Phi) is 4.22. The molecule has 2 atom stereocenters. The van der Waals surface area contributed by atoms with Crippen molar-refractivity contribution in [3.05, 3.63) is 46.8 Å². The topological polar surface area (TPSA) is 122 Å². The molecule has 8 nitrogen and oxygen atoms in total. The molecule has 1 saturated heterocycles. The fourth-order valence-corrected chi connectivity index (χ4v) is 3.73. The third-order valence-corrected chi connectivity index (χ3v) is 5.25. The van der Waals surface area contributed by atoms with Crippen LogP contribution in [-0.2, 0) is 11.2 Å². The Bertz CT molecular complexity index is 1050. The van der Waals surface area contributed by atoms with E-state index >= 15 is 0 Å². The molecule has 1 aliphatic carbocycles. The van der Waals surface area contributed by atoms with Gasteiger partial charge in [0.05, 0.1) is 17.5 Å². The number of likely N-dealkylation sites (tertiary alicyclic amines) is 1. The summed E-state index contributed by atoms with van der Waals surface area (Å²) in [4.78, 5) is 25.2. The van der Waals surface area contributed by atoms with E-state index in [2.05, 4.69) is 16.9 Å². The zero-order chi connectivity index (χ0) is 20.1. The number of nitrogens with two attached hydrogens (primary N) is 1. The summed E-state index contributed by atoms with van der Waals surface area (Å²) >= 11 is 0. The quantitative estimate of drug-likeness (QED) is 0.628. The van der Waals surface area contributed by atoms with Crippen LogP contribution in [0.15, 0.2) is 24.3 Å². The largest absolute Gasteiger partial charge is 0.387 e. The summed E-state index contributed by atoms with van der Waals surface area (Å²) in [6.07, 6.45) is 0.584. The standard InChI is InChI=1S/C20H20N4O4/c1-23-10-9-20(28,19(23)27)8-7-12-3-2-4-13(11-12)24-17-14(5-6-15(17)25)16(22-24)18(21)26/h2-4,11,15,25,28H,5-6,9-10H2,1H3,(H2,21,26)/t15-,20-/m0/s1. The smallest absolute Gasteiger partial charge is 0.269 e. The van der Waals surface area contributed by atoms with E-state index in [1.54, 1.807) is 31.3 Å². The predicted molar refractivity (Wildman–Crippen MR) is 99.4 cm³/mol. The molecule has 2 aromatic rings. The zero-order valence-electron chi connectivity index (χ0n) is 15.3. The first-order valence-corrected chi connectivity index (χ1v) is 9.01. The van der Waals surface area contributed by atoms with E-state index in [4.69, 9.17) is 5.73 Å². The van der Waals surface area contributed by atoms with E-state index in [-0.39, 0.29) is 12.1 Å². The van der Waals surface area contributed by atoms with Gasteiger partial charge < -0.3 is 20.8 Å². The molecule has 2 aliphatic rings. The first-order chi connectivity index (χ1) is 13.3. The van der Waals surface area contributed by atoms with Crippen LogP contribution in [0.4, 0.5) is 0 Å². The first kappa shape index (κ1) is 18.2.